The number of aliphatic hydroxyl groups excluding tert-OH is 1. The molecule has 2 N–H and O–H groups in total. The Morgan fingerprint density at radius 3 is 1.79 bits per heavy atom. The number of benzene rings is 1. The molecule has 0 saturated heterocycles. The summed E-state index contributed by atoms with van der Waals surface area (Å²) in [7, 11) is 0. The first-order valence-corrected chi connectivity index (χ1v) is 11.7. The summed E-state index contributed by atoms with van der Waals surface area (Å²) in [4.78, 5) is 12.1. The third-order valence-electron chi connectivity index (χ3n) is 5.51. The second-order valence-corrected chi connectivity index (χ2v) is 8.20. The lowest BCUT2D eigenvalue weighted by Crippen LogP contribution is -2.36. The van der Waals surface area contributed by atoms with Crippen LogP contribution in [0.2, 0.25) is 0 Å². The molecule has 0 spiro atoms. The van der Waals surface area contributed by atoms with Crippen LogP contribution in [0.15, 0.2) is 30.3 Å². The third kappa shape index (κ3) is 12.2. The van der Waals surface area contributed by atoms with Crippen molar-refractivity contribution in [3.8, 4) is 0 Å². The highest BCUT2D eigenvalue weighted by Gasteiger charge is 2.17. The van der Waals surface area contributed by atoms with E-state index in [1.54, 1.807) is 0 Å². The molecule has 1 aromatic rings. The summed E-state index contributed by atoms with van der Waals surface area (Å²) in [5.74, 6) is 0.0468. The van der Waals surface area contributed by atoms with Crippen LogP contribution in [-0.4, -0.2) is 17.1 Å². The van der Waals surface area contributed by atoms with Gasteiger partial charge in [0.1, 0.15) is 0 Å². The molecule has 3 heteroatoms. The van der Waals surface area contributed by atoms with E-state index in [9.17, 15) is 9.90 Å². The number of nitrogens with one attached hydrogen (secondary N) is 1. The molecular formula is C25H43NO2. The Morgan fingerprint density at radius 2 is 1.29 bits per heavy atom. The van der Waals surface area contributed by atoms with Crippen molar-refractivity contribution in [2.45, 2.75) is 116 Å². The zero-order chi connectivity index (χ0) is 20.5. The third-order valence-corrected chi connectivity index (χ3v) is 5.51. The molecule has 0 aromatic heterocycles. The highest BCUT2D eigenvalue weighted by molar-refractivity contribution is 5.76. The van der Waals surface area contributed by atoms with Gasteiger partial charge in [-0.05, 0) is 18.9 Å². The van der Waals surface area contributed by atoms with E-state index in [0.717, 1.165) is 18.4 Å². The van der Waals surface area contributed by atoms with E-state index < -0.39 is 6.10 Å². The molecule has 0 fully saturated rings. The average Bonchev–Trinajstić information content (AvgIpc) is 2.71. The van der Waals surface area contributed by atoms with E-state index in [0.29, 0.717) is 6.42 Å². The number of amides is 1. The average molecular weight is 390 g/mol. The quantitative estimate of drug-likeness (QED) is 0.291. The molecule has 0 radical (unpaired) electrons. The summed E-state index contributed by atoms with van der Waals surface area (Å²) in [6, 6.07) is 9.24. The molecule has 2 atom stereocenters. The van der Waals surface area contributed by atoms with Crippen LogP contribution in [-0.2, 0) is 4.79 Å². The van der Waals surface area contributed by atoms with Crippen molar-refractivity contribution < 1.29 is 9.90 Å². The van der Waals surface area contributed by atoms with Gasteiger partial charge >= 0.3 is 0 Å². The lowest BCUT2D eigenvalue weighted by molar-refractivity contribution is -0.122. The van der Waals surface area contributed by atoms with E-state index in [-0.39, 0.29) is 11.9 Å². The number of rotatable bonds is 17. The number of hydrogen-bond acceptors (Lipinski definition) is 2. The number of carbonyl (C=O) groups excluding carboxylic acids is 1. The van der Waals surface area contributed by atoms with Crippen molar-refractivity contribution in [2.24, 2.45) is 0 Å². The number of hydrogen-bond donors (Lipinski definition) is 2. The fourth-order valence-electron chi connectivity index (χ4n) is 3.65. The summed E-state index contributed by atoms with van der Waals surface area (Å²) in [6.45, 7) is 4.13. The molecule has 3 nitrogen and oxygen atoms in total. The van der Waals surface area contributed by atoms with Gasteiger partial charge in [-0.1, -0.05) is 114 Å². The Morgan fingerprint density at radius 1 is 0.821 bits per heavy atom. The SMILES string of the molecule is CCCCCCCCCCCCCCCC(=O)NC(C)[C@@H](O)c1ccccc1. The van der Waals surface area contributed by atoms with Gasteiger partial charge < -0.3 is 10.4 Å². The van der Waals surface area contributed by atoms with Crippen LogP contribution < -0.4 is 5.32 Å². The lowest BCUT2D eigenvalue weighted by Gasteiger charge is -2.20. The summed E-state index contributed by atoms with van der Waals surface area (Å²) >= 11 is 0. The van der Waals surface area contributed by atoms with E-state index in [1.165, 1.54) is 70.6 Å². The Labute approximate surface area is 173 Å². The van der Waals surface area contributed by atoms with Gasteiger partial charge in [-0.25, -0.2) is 0 Å². The molecule has 1 rings (SSSR count). The lowest BCUT2D eigenvalue weighted by atomic mass is 10.0. The van der Waals surface area contributed by atoms with Crippen molar-refractivity contribution in [1.29, 1.82) is 0 Å². The molecule has 0 heterocycles. The van der Waals surface area contributed by atoms with Gasteiger partial charge in [0.2, 0.25) is 5.91 Å². The first kappa shape index (κ1) is 24.7. The Bertz CT molecular complexity index is 489. The number of carbonyl (C=O) groups is 1. The summed E-state index contributed by atoms with van der Waals surface area (Å²) < 4.78 is 0. The van der Waals surface area contributed by atoms with Crippen LogP contribution in [0.1, 0.15) is 115 Å². The van der Waals surface area contributed by atoms with Gasteiger partial charge in [0.05, 0.1) is 12.1 Å². The largest absolute Gasteiger partial charge is 0.386 e. The zero-order valence-electron chi connectivity index (χ0n) is 18.3. The van der Waals surface area contributed by atoms with Crippen LogP contribution in [0.4, 0.5) is 0 Å². The minimum atomic E-state index is -0.656. The maximum Gasteiger partial charge on any atom is 0.220 e. The molecule has 160 valence electrons. The molecule has 0 aliphatic carbocycles. The second kappa shape index (κ2) is 16.6. The van der Waals surface area contributed by atoms with Crippen molar-refractivity contribution in [3.63, 3.8) is 0 Å². The maximum absolute atomic E-state index is 12.1. The van der Waals surface area contributed by atoms with Gasteiger partial charge in [0.25, 0.3) is 0 Å². The van der Waals surface area contributed by atoms with Crippen LogP contribution in [0.25, 0.3) is 0 Å². The number of aliphatic hydroxyl groups is 1. The minimum Gasteiger partial charge on any atom is -0.386 e. The fourth-order valence-corrected chi connectivity index (χ4v) is 3.65. The number of unbranched alkanes of at least 4 members (excludes halogenated alkanes) is 12. The molecular weight excluding hydrogens is 346 g/mol. The first-order valence-electron chi connectivity index (χ1n) is 11.7. The van der Waals surface area contributed by atoms with E-state index >= 15 is 0 Å². The van der Waals surface area contributed by atoms with Crippen LogP contribution >= 0.6 is 0 Å². The Balaban J connectivity index is 1.94. The van der Waals surface area contributed by atoms with Gasteiger partial charge in [-0.15, -0.1) is 0 Å². The van der Waals surface area contributed by atoms with Crippen molar-refractivity contribution in [3.05, 3.63) is 35.9 Å². The van der Waals surface area contributed by atoms with Crippen molar-refractivity contribution in [2.75, 3.05) is 0 Å². The van der Waals surface area contributed by atoms with Gasteiger partial charge in [-0.2, -0.15) is 0 Å². The van der Waals surface area contributed by atoms with Crippen molar-refractivity contribution in [1.82, 2.24) is 5.32 Å². The summed E-state index contributed by atoms with van der Waals surface area (Å²) in [5, 5.41) is 13.2. The molecule has 28 heavy (non-hydrogen) atoms. The molecule has 1 aromatic carbocycles. The highest BCUT2D eigenvalue weighted by atomic mass is 16.3. The molecule has 0 saturated carbocycles. The van der Waals surface area contributed by atoms with Gasteiger partial charge in [0, 0.05) is 6.42 Å². The van der Waals surface area contributed by atoms with Gasteiger partial charge in [-0.3, -0.25) is 4.79 Å². The fraction of sp³-hybridized carbons (Fsp3) is 0.720. The molecule has 1 amide bonds. The molecule has 0 aliphatic heterocycles. The Kier molecular flexibility index (Phi) is 14.6. The predicted octanol–water partition coefficient (Wildman–Crippen LogP) is 6.71. The summed E-state index contributed by atoms with van der Waals surface area (Å²) in [5.41, 5.74) is 0.844. The van der Waals surface area contributed by atoms with E-state index in [2.05, 4.69) is 12.2 Å². The molecule has 0 aliphatic rings. The second-order valence-electron chi connectivity index (χ2n) is 8.20. The predicted molar refractivity (Wildman–Crippen MR) is 119 cm³/mol. The maximum atomic E-state index is 12.1. The first-order chi connectivity index (χ1) is 13.6. The normalized spacial score (nSPS) is 13.2. The minimum absolute atomic E-state index is 0.0468. The van der Waals surface area contributed by atoms with Crippen LogP contribution in [0.3, 0.4) is 0 Å². The van der Waals surface area contributed by atoms with Crippen molar-refractivity contribution >= 4 is 5.91 Å². The van der Waals surface area contributed by atoms with Gasteiger partial charge in [0.15, 0.2) is 0 Å². The molecule has 0 bridgehead atoms. The van der Waals surface area contributed by atoms with Crippen LogP contribution in [0, 0.1) is 0 Å². The Hall–Kier alpha value is -1.35. The molecule has 1 unspecified atom stereocenters. The standard InChI is InChI=1S/C25H43NO2/c1-3-4-5-6-7-8-9-10-11-12-13-14-18-21-24(27)26-22(2)25(28)23-19-16-15-17-20-23/h15-17,19-20,22,25,28H,3-14,18,21H2,1-2H3,(H,26,27)/t22?,25-/m1/s1. The zero-order valence-corrected chi connectivity index (χ0v) is 18.3. The van der Waals surface area contributed by atoms with E-state index in [1.807, 2.05) is 37.3 Å². The topological polar surface area (TPSA) is 49.3 Å². The smallest absolute Gasteiger partial charge is 0.220 e. The highest BCUT2D eigenvalue weighted by Crippen LogP contribution is 2.16. The monoisotopic (exact) mass is 389 g/mol. The van der Waals surface area contributed by atoms with Crippen LogP contribution in [0.5, 0.6) is 0 Å². The summed E-state index contributed by atoms with van der Waals surface area (Å²) in [6.07, 6.45) is 16.9. The van der Waals surface area contributed by atoms with E-state index in [4.69, 9.17) is 0 Å².